The number of imidazole rings is 1. The van der Waals surface area contributed by atoms with Gasteiger partial charge in [0.1, 0.15) is 23.6 Å². The fourth-order valence-electron chi connectivity index (χ4n) is 3.64. The van der Waals surface area contributed by atoms with Gasteiger partial charge in [0.05, 0.1) is 29.1 Å². The first kappa shape index (κ1) is 22.3. The van der Waals surface area contributed by atoms with Crippen molar-refractivity contribution < 1.29 is 18.3 Å². The van der Waals surface area contributed by atoms with Crippen molar-refractivity contribution in [2.24, 2.45) is 0 Å². The van der Waals surface area contributed by atoms with Gasteiger partial charge in [0, 0.05) is 23.4 Å². The molecule has 1 unspecified atom stereocenters. The van der Waals surface area contributed by atoms with Crippen molar-refractivity contribution in [3.8, 4) is 11.1 Å². The highest BCUT2D eigenvalue weighted by atomic mass is 19.1. The zero-order chi connectivity index (χ0) is 23.6. The number of aromatic amines is 1. The first-order valence-corrected chi connectivity index (χ1v) is 10.4. The molecule has 9 heteroatoms. The number of alkyl carbamates (subject to hydrolysis) is 1. The van der Waals surface area contributed by atoms with Crippen molar-refractivity contribution in [1.82, 2.24) is 25.3 Å². The molecule has 0 aliphatic carbocycles. The number of amides is 1. The third-order valence-electron chi connectivity index (χ3n) is 4.87. The Morgan fingerprint density at radius 1 is 1.12 bits per heavy atom. The van der Waals surface area contributed by atoms with Gasteiger partial charge in [-0.3, -0.25) is 0 Å². The van der Waals surface area contributed by atoms with E-state index in [9.17, 15) is 13.6 Å². The third-order valence-corrected chi connectivity index (χ3v) is 4.87. The van der Waals surface area contributed by atoms with Crippen LogP contribution in [0.1, 0.15) is 38.1 Å². The van der Waals surface area contributed by atoms with Crippen LogP contribution >= 0.6 is 0 Å². The summed E-state index contributed by atoms with van der Waals surface area (Å²) in [7, 11) is 0. The molecule has 7 nitrogen and oxygen atoms in total. The molecule has 4 aromatic rings. The van der Waals surface area contributed by atoms with Crippen LogP contribution in [-0.4, -0.2) is 31.6 Å². The van der Waals surface area contributed by atoms with Gasteiger partial charge in [0.25, 0.3) is 0 Å². The van der Waals surface area contributed by atoms with Gasteiger partial charge in [-0.25, -0.2) is 28.5 Å². The number of H-pyrrole nitrogens is 1. The molecular formula is C24H23F2N5O2. The highest BCUT2D eigenvalue weighted by molar-refractivity contribution is 5.92. The smallest absolute Gasteiger partial charge is 0.408 e. The minimum atomic E-state index is -0.756. The lowest BCUT2D eigenvalue weighted by Gasteiger charge is -2.24. The number of halogens is 2. The second-order valence-corrected chi connectivity index (χ2v) is 8.61. The van der Waals surface area contributed by atoms with E-state index >= 15 is 0 Å². The molecule has 0 spiro atoms. The monoisotopic (exact) mass is 451 g/mol. The maximum absolute atomic E-state index is 13.9. The molecule has 2 N–H and O–H groups in total. The van der Waals surface area contributed by atoms with Gasteiger partial charge in [-0.2, -0.15) is 0 Å². The SMILES string of the molecule is CC(C)(C)OC(=O)NC(Cc1cc(F)cc(F)c1)c1ncncc1-c1cccc2[nH]cnc12. The number of rotatable bonds is 5. The summed E-state index contributed by atoms with van der Waals surface area (Å²) >= 11 is 0. The number of hydrogen-bond acceptors (Lipinski definition) is 5. The topological polar surface area (TPSA) is 92.8 Å². The van der Waals surface area contributed by atoms with Crippen LogP contribution in [0.5, 0.6) is 0 Å². The molecule has 2 heterocycles. The summed E-state index contributed by atoms with van der Waals surface area (Å²) in [5.41, 5.74) is 3.02. The van der Waals surface area contributed by atoms with E-state index in [1.165, 1.54) is 18.5 Å². The Morgan fingerprint density at radius 3 is 2.61 bits per heavy atom. The molecule has 1 atom stereocenters. The van der Waals surface area contributed by atoms with E-state index in [0.29, 0.717) is 22.3 Å². The standard InChI is InChI=1S/C24H23F2N5O2/c1-24(2,3)33-23(32)31-20(9-14-7-15(25)10-16(26)8-14)22-18(11-27-12-29-22)17-5-4-6-19-21(17)30-13-28-19/h4-8,10-13,20H,9H2,1-3H3,(H,28,30)(H,31,32). The molecule has 33 heavy (non-hydrogen) atoms. The Hall–Kier alpha value is -3.88. The van der Waals surface area contributed by atoms with E-state index in [1.807, 2.05) is 18.2 Å². The Bertz CT molecular complexity index is 1280. The molecule has 0 bridgehead atoms. The number of fused-ring (bicyclic) bond motifs is 1. The molecule has 1 amide bonds. The van der Waals surface area contributed by atoms with Gasteiger partial charge < -0.3 is 15.0 Å². The lowest BCUT2D eigenvalue weighted by atomic mass is 9.96. The van der Waals surface area contributed by atoms with Crippen LogP contribution in [0.4, 0.5) is 13.6 Å². The predicted octanol–water partition coefficient (Wildman–Crippen LogP) is 5.11. The van der Waals surface area contributed by atoms with Crippen molar-refractivity contribution in [1.29, 1.82) is 0 Å². The molecule has 0 radical (unpaired) electrons. The predicted molar refractivity (Wildman–Crippen MR) is 119 cm³/mol. The molecule has 170 valence electrons. The summed E-state index contributed by atoms with van der Waals surface area (Å²) in [5.74, 6) is -1.41. The van der Waals surface area contributed by atoms with Crippen LogP contribution in [0.15, 0.2) is 55.2 Å². The Balaban J connectivity index is 1.78. The summed E-state index contributed by atoms with van der Waals surface area (Å²) in [6.07, 6.45) is 3.98. The van der Waals surface area contributed by atoms with Crippen LogP contribution in [-0.2, 0) is 11.2 Å². The number of benzene rings is 2. The number of nitrogens with one attached hydrogen (secondary N) is 2. The second-order valence-electron chi connectivity index (χ2n) is 8.61. The van der Waals surface area contributed by atoms with Crippen LogP contribution in [0, 0.1) is 11.6 Å². The molecule has 0 fully saturated rings. The average Bonchev–Trinajstić information content (AvgIpc) is 3.20. The molecular weight excluding hydrogens is 428 g/mol. The number of aromatic nitrogens is 4. The Kier molecular flexibility index (Phi) is 6.04. The summed E-state index contributed by atoms with van der Waals surface area (Å²) in [6, 6.07) is 8.12. The van der Waals surface area contributed by atoms with E-state index in [4.69, 9.17) is 4.74 Å². The van der Waals surface area contributed by atoms with Crippen molar-refractivity contribution in [2.75, 3.05) is 0 Å². The molecule has 4 rings (SSSR count). The number of ether oxygens (including phenoxy) is 1. The van der Waals surface area contributed by atoms with E-state index < -0.39 is 29.4 Å². The fourth-order valence-corrected chi connectivity index (χ4v) is 3.64. The largest absolute Gasteiger partial charge is 0.444 e. The normalized spacial score (nSPS) is 12.5. The van der Waals surface area contributed by atoms with E-state index in [-0.39, 0.29) is 6.42 Å². The van der Waals surface area contributed by atoms with E-state index in [1.54, 1.807) is 33.3 Å². The summed E-state index contributed by atoms with van der Waals surface area (Å²) in [6.45, 7) is 5.24. The van der Waals surface area contributed by atoms with Gasteiger partial charge in [0.15, 0.2) is 0 Å². The van der Waals surface area contributed by atoms with Crippen molar-refractivity contribution in [2.45, 2.75) is 38.8 Å². The first-order chi connectivity index (χ1) is 15.7. The summed E-state index contributed by atoms with van der Waals surface area (Å²) in [5, 5.41) is 2.80. The molecule has 0 saturated heterocycles. The van der Waals surface area contributed by atoms with Gasteiger partial charge in [-0.05, 0) is 51.0 Å². The molecule has 0 aliphatic rings. The Labute approximate surface area is 189 Å². The van der Waals surface area contributed by atoms with E-state index in [0.717, 1.165) is 17.1 Å². The van der Waals surface area contributed by atoms with Crippen LogP contribution in [0.25, 0.3) is 22.2 Å². The van der Waals surface area contributed by atoms with Gasteiger partial charge >= 0.3 is 6.09 Å². The van der Waals surface area contributed by atoms with E-state index in [2.05, 4.69) is 25.3 Å². The number of nitrogens with zero attached hydrogens (tertiary/aromatic N) is 3. The lowest BCUT2D eigenvalue weighted by Crippen LogP contribution is -2.36. The minimum absolute atomic E-state index is 0.0779. The quantitative estimate of drug-likeness (QED) is 0.440. The molecule has 2 aromatic carbocycles. The van der Waals surface area contributed by atoms with Crippen LogP contribution < -0.4 is 5.32 Å². The molecule has 0 aliphatic heterocycles. The van der Waals surface area contributed by atoms with Crippen molar-refractivity contribution >= 4 is 17.1 Å². The molecule has 0 saturated carbocycles. The molecule has 2 aromatic heterocycles. The maximum Gasteiger partial charge on any atom is 0.408 e. The number of carbonyl (C=O) groups is 1. The van der Waals surface area contributed by atoms with Crippen molar-refractivity contribution in [3.63, 3.8) is 0 Å². The zero-order valence-electron chi connectivity index (χ0n) is 18.4. The summed E-state index contributed by atoms with van der Waals surface area (Å²) < 4.78 is 33.1. The minimum Gasteiger partial charge on any atom is -0.444 e. The zero-order valence-corrected chi connectivity index (χ0v) is 18.4. The summed E-state index contributed by atoms with van der Waals surface area (Å²) in [4.78, 5) is 28.7. The average molecular weight is 451 g/mol. The second kappa shape index (κ2) is 8.93. The van der Waals surface area contributed by atoms with Gasteiger partial charge in [-0.1, -0.05) is 12.1 Å². The maximum atomic E-state index is 13.9. The highest BCUT2D eigenvalue weighted by Gasteiger charge is 2.25. The first-order valence-electron chi connectivity index (χ1n) is 10.4. The Morgan fingerprint density at radius 2 is 1.88 bits per heavy atom. The highest BCUT2D eigenvalue weighted by Crippen LogP contribution is 2.32. The van der Waals surface area contributed by atoms with Crippen LogP contribution in [0.2, 0.25) is 0 Å². The van der Waals surface area contributed by atoms with Gasteiger partial charge in [0.2, 0.25) is 0 Å². The number of carbonyl (C=O) groups excluding carboxylic acids is 1. The number of hydrogen-bond donors (Lipinski definition) is 2. The van der Waals surface area contributed by atoms with Gasteiger partial charge in [-0.15, -0.1) is 0 Å². The fraction of sp³-hybridized carbons (Fsp3) is 0.250. The van der Waals surface area contributed by atoms with Crippen molar-refractivity contribution in [3.05, 3.63) is 78.1 Å². The lowest BCUT2D eigenvalue weighted by molar-refractivity contribution is 0.0502. The third kappa shape index (κ3) is 5.31. The van der Waals surface area contributed by atoms with Crippen LogP contribution in [0.3, 0.4) is 0 Å². The number of para-hydroxylation sites is 1.